The Bertz CT molecular complexity index is 1180. The van der Waals surface area contributed by atoms with Crippen LogP contribution < -0.4 is 15.4 Å². The third-order valence-corrected chi connectivity index (χ3v) is 4.29. The zero-order chi connectivity index (χ0) is 19.8. The highest BCUT2D eigenvalue weighted by atomic mass is 35.5. The maximum Gasteiger partial charge on any atom is 0.418 e. The van der Waals surface area contributed by atoms with Crippen LogP contribution in [0.15, 0.2) is 47.3 Å². The van der Waals surface area contributed by atoms with E-state index < -0.39 is 33.2 Å². The Kier molecular flexibility index (Phi) is 6.02. The molecule has 7 nitrogen and oxygen atoms in total. The van der Waals surface area contributed by atoms with Crippen molar-refractivity contribution in [3.8, 4) is 0 Å². The summed E-state index contributed by atoms with van der Waals surface area (Å²) in [6, 6.07) is 9.70. The van der Waals surface area contributed by atoms with E-state index in [1.807, 2.05) is 0 Å². The van der Waals surface area contributed by atoms with Crippen LogP contribution in [0.4, 0.5) is 18.9 Å². The normalized spacial score (nSPS) is 11.9. The molecule has 0 saturated heterocycles. The number of halogens is 4. The molecular weight excluding hydrogens is 421 g/mol. The van der Waals surface area contributed by atoms with Crippen molar-refractivity contribution >= 4 is 39.1 Å². The number of nitrogens with one attached hydrogen (secondary N) is 2. The monoisotopic (exact) mass is 434 g/mol. The minimum absolute atomic E-state index is 0. The number of nitrogens with two attached hydrogens (primary N) is 1. The summed E-state index contributed by atoms with van der Waals surface area (Å²) in [4.78, 5) is 11.8. The lowest BCUT2D eigenvalue weighted by atomic mass is 10.0. The summed E-state index contributed by atoms with van der Waals surface area (Å²) in [6.07, 6.45) is -4.81. The van der Waals surface area contributed by atoms with E-state index in [9.17, 15) is 26.4 Å². The number of hydrogen-bond donors (Lipinski definition) is 3. The lowest BCUT2D eigenvalue weighted by Crippen LogP contribution is -2.24. The standard InChI is InChI=1S/C16H13F3N4O3S.ClH/c17-16(18,19)12-7-9(5-6-13(12)23-27(20,25)26)8-14-10-3-1-2-4-11(10)15(24)22-21-14;/h1-7,23H,8H2,(H,22,24)(H2,20,25,26);1H. The van der Waals surface area contributed by atoms with Crippen LogP contribution in [0.1, 0.15) is 16.8 Å². The maximum absolute atomic E-state index is 13.3. The molecule has 0 radical (unpaired) electrons. The largest absolute Gasteiger partial charge is 0.418 e. The second-order valence-corrected chi connectivity index (χ2v) is 7.04. The first-order chi connectivity index (χ1) is 12.5. The van der Waals surface area contributed by atoms with Gasteiger partial charge in [0.25, 0.3) is 15.8 Å². The van der Waals surface area contributed by atoms with E-state index >= 15 is 0 Å². The highest BCUT2D eigenvalue weighted by Crippen LogP contribution is 2.36. The minimum Gasteiger partial charge on any atom is -0.271 e. The van der Waals surface area contributed by atoms with E-state index in [1.165, 1.54) is 6.07 Å². The van der Waals surface area contributed by atoms with E-state index in [0.717, 1.165) is 12.1 Å². The molecule has 28 heavy (non-hydrogen) atoms. The number of alkyl halides is 3. The summed E-state index contributed by atoms with van der Waals surface area (Å²) in [5.74, 6) is 0. The summed E-state index contributed by atoms with van der Waals surface area (Å²) in [7, 11) is -4.37. The Labute approximate surface area is 163 Å². The van der Waals surface area contributed by atoms with Gasteiger partial charge in [-0.1, -0.05) is 24.3 Å². The Morgan fingerprint density at radius 2 is 1.75 bits per heavy atom. The summed E-state index contributed by atoms with van der Waals surface area (Å²) >= 11 is 0. The SMILES string of the molecule is Cl.NS(=O)(=O)Nc1ccc(Cc2n[nH]c(=O)c3ccccc23)cc1C(F)(F)F. The molecule has 0 aliphatic heterocycles. The first kappa shape index (κ1) is 21.7. The molecule has 0 fully saturated rings. The van der Waals surface area contributed by atoms with Crippen LogP contribution in [0.2, 0.25) is 0 Å². The molecule has 0 aliphatic rings. The maximum atomic E-state index is 13.3. The minimum atomic E-state index is -4.80. The average molecular weight is 435 g/mol. The number of nitrogens with zero attached hydrogens (tertiary/aromatic N) is 1. The number of H-pyrrole nitrogens is 1. The third-order valence-electron chi connectivity index (χ3n) is 3.79. The topological polar surface area (TPSA) is 118 Å². The van der Waals surface area contributed by atoms with Gasteiger partial charge in [-0.2, -0.15) is 26.7 Å². The quantitative estimate of drug-likeness (QED) is 0.584. The van der Waals surface area contributed by atoms with Gasteiger partial charge < -0.3 is 0 Å². The lowest BCUT2D eigenvalue weighted by molar-refractivity contribution is -0.136. The first-order valence-electron chi connectivity index (χ1n) is 7.51. The van der Waals surface area contributed by atoms with Crippen LogP contribution in [0.25, 0.3) is 10.8 Å². The predicted octanol–water partition coefficient (Wildman–Crippen LogP) is 2.57. The fourth-order valence-corrected chi connectivity index (χ4v) is 3.16. The van der Waals surface area contributed by atoms with E-state index in [1.54, 1.807) is 29.0 Å². The number of aromatic nitrogens is 2. The molecule has 0 aliphatic carbocycles. The highest BCUT2D eigenvalue weighted by Gasteiger charge is 2.34. The Hall–Kier alpha value is -2.63. The number of aromatic amines is 1. The van der Waals surface area contributed by atoms with Crippen LogP contribution in [-0.4, -0.2) is 18.6 Å². The van der Waals surface area contributed by atoms with Crippen LogP contribution in [0.3, 0.4) is 0 Å². The van der Waals surface area contributed by atoms with Gasteiger partial charge in [0.1, 0.15) is 0 Å². The van der Waals surface area contributed by atoms with Crippen LogP contribution in [0.5, 0.6) is 0 Å². The molecule has 1 aromatic heterocycles. The molecule has 0 bridgehead atoms. The van der Waals surface area contributed by atoms with E-state index in [4.69, 9.17) is 5.14 Å². The number of hydrogen-bond acceptors (Lipinski definition) is 4. The van der Waals surface area contributed by atoms with Crippen molar-refractivity contribution in [3.05, 3.63) is 69.6 Å². The molecular formula is C16H14ClF3N4O3S. The fraction of sp³-hybridized carbons (Fsp3) is 0.125. The van der Waals surface area contributed by atoms with Gasteiger partial charge in [-0.25, -0.2) is 10.2 Å². The molecule has 1 heterocycles. The fourth-order valence-electron chi connectivity index (χ4n) is 2.68. The Morgan fingerprint density at radius 3 is 2.36 bits per heavy atom. The highest BCUT2D eigenvalue weighted by molar-refractivity contribution is 7.90. The van der Waals surface area contributed by atoms with Crippen molar-refractivity contribution in [3.63, 3.8) is 0 Å². The molecule has 0 saturated carbocycles. The molecule has 4 N–H and O–H groups in total. The van der Waals surface area contributed by atoms with E-state index in [0.29, 0.717) is 16.5 Å². The van der Waals surface area contributed by atoms with Crippen molar-refractivity contribution < 1.29 is 21.6 Å². The number of anilines is 1. The molecule has 0 unspecified atom stereocenters. The number of benzene rings is 2. The van der Waals surface area contributed by atoms with Crippen LogP contribution >= 0.6 is 12.4 Å². The third kappa shape index (κ3) is 4.80. The second kappa shape index (κ2) is 7.78. The van der Waals surface area contributed by atoms with Gasteiger partial charge in [0, 0.05) is 11.8 Å². The summed E-state index contributed by atoms with van der Waals surface area (Å²) in [6.45, 7) is 0. The first-order valence-corrected chi connectivity index (χ1v) is 9.06. The molecule has 2 aromatic carbocycles. The van der Waals surface area contributed by atoms with Crippen molar-refractivity contribution in [2.24, 2.45) is 5.14 Å². The zero-order valence-electron chi connectivity index (χ0n) is 13.9. The van der Waals surface area contributed by atoms with Crippen molar-refractivity contribution in [2.45, 2.75) is 12.6 Å². The van der Waals surface area contributed by atoms with Crippen molar-refractivity contribution in [1.82, 2.24) is 10.2 Å². The predicted molar refractivity (Wildman–Crippen MR) is 101 cm³/mol. The summed E-state index contributed by atoms with van der Waals surface area (Å²) in [5.41, 5.74) is -1.65. The molecule has 0 atom stereocenters. The average Bonchev–Trinajstić information content (AvgIpc) is 2.57. The van der Waals surface area contributed by atoms with Gasteiger partial charge in [-0.15, -0.1) is 12.4 Å². The molecule has 12 heteroatoms. The van der Waals surface area contributed by atoms with E-state index in [2.05, 4.69) is 10.2 Å². The van der Waals surface area contributed by atoms with Crippen LogP contribution in [-0.2, 0) is 22.8 Å². The lowest BCUT2D eigenvalue weighted by Gasteiger charge is -2.15. The summed E-state index contributed by atoms with van der Waals surface area (Å²) < 4.78 is 63.8. The van der Waals surface area contributed by atoms with Gasteiger partial charge >= 0.3 is 6.18 Å². The van der Waals surface area contributed by atoms with Crippen molar-refractivity contribution in [2.75, 3.05) is 4.72 Å². The van der Waals surface area contributed by atoms with Gasteiger partial charge in [-0.05, 0) is 23.8 Å². The van der Waals surface area contributed by atoms with Crippen LogP contribution in [0, 0.1) is 0 Å². The summed E-state index contributed by atoms with van der Waals surface area (Å²) in [5, 5.41) is 11.9. The second-order valence-electron chi connectivity index (χ2n) is 5.75. The number of fused-ring (bicyclic) bond motifs is 1. The van der Waals surface area contributed by atoms with Gasteiger partial charge in [-0.3, -0.25) is 9.52 Å². The molecule has 150 valence electrons. The van der Waals surface area contributed by atoms with Gasteiger partial charge in [0.05, 0.1) is 22.3 Å². The smallest absolute Gasteiger partial charge is 0.271 e. The van der Waals surface area contributed by atoms with E-state index in [-0.39, 0.29) is 24.4 Å². The molecule has 0 spiro atoms. The molecule has 3 aromatic rings. The van der Waals surface area contributed by atoms with Gasteiger partial charge in [0.15, 0.2) is 0 Å². The van der Waals surface area contributed by atoms with Crippen molar-refractivity contribution in [1.29, 1.82) is 0 Å². The Balaban J connectivity index is 0.00000280. The van der Waals surface area contributed by atoms with Gasteiger partial charge in [0.2, 0.25) is 0 Å². The molecule has 3 rings (SSSR count). The molecule has 0 amide bonds. The zero-order valence-corrected chi connectivity index (χ0v) is 15.6. The number of rotatable bonds is 4. The Morgan fingerprint density at radius 1 is 1.11 bits per heavy atom.